The zero-order chi connectivity index (χ0) is 24.9. The zero-order valence-electron chi connectivity index (χ0n) is 19.7. The molecule has 9 heteroatoms. The molecule has 0 saturated carbocycles. The van der Waals surface area contributed by atoms with E-state index in [2.05, 4.69) is 31.7 Å². The number of hydrogen-bond donors (Lipinski definition) is 1. The van der Waals surface area contributed by atoms with Crippen molar-refractivity contribution in [3.8, 4) is 11.5 Å². The van der Waals surface area contributed by atoms with Crippen LogP contribution in [0.15, 0.2) is 35.9 Å². The van der Waals surface area contributed by atoms with E-state index in [0.29, 0.717) is 24.3 Å². The Labute approximate surface area is 198 Å². The molecule has 184 valence electrons. The fraction of sp³-hybridized carbons (Fsp3) is 0.520. The van der Waals surface area contributed by atoms with Crippen LogP contribution in [0.5, 0.6) is 11.5 Å². The highest BCUT2D eigenvalue weighted by Gasteiger charge is 2.46. The van der Waals surface area contributed by atoms with E-state index in [1.807, 2.05) is 12.1 Å². The molecule has 3 rings (SSSR count). The first-order chi connectivity index (χ1) is 16.1. The van der Waals surface area contributed by atoms with Gasteiger partial charge in [-0.25, -0.2) is 9.59 Å². The predicted octanol–water partition coefficient (Wildman–Crippen LogP) is 4.76. The Bertz CT molecular complexity index is 1010. The van der Waals surface area contributed by atoms with Gasteiger partial charge in [-0.3, -0.25) is 0 Å². The first-order valence-corrected chi connectivity index (χ1v) is 11.5. The van der Waals surface area contributed by atoms with Crippen molar-refractivity contribution in [1.82, 2.24) is 0 Å². The highest BCUT2D eigenvalue weighted by molar-refractivity contribution is 5.92. The number of benzene rings is 1. The number of carbonyl (C=O) groups excluding carboxylic acids is 1. The van der Waals surface area contributed by atoms with Crippen LogP contribution in [0.25, 0.3) is 0 Å². The molecule has 0 saturated heterocycles. The molecule has 0 radical (unpaired) electrons. The van der Waals surface area contributed by atoms with Gasteiger partial charge in [-0.2, -0.15) is 0 Å². The summed E-state index contributed by atoms with van der Waals surface area (Å²) in [7, 11) is 0. The Balaban J connectivity index is 1.88. The average molecular weight is 474 g/mol. The van der Waals surface area contributed by atoms with Gasteiger partial charge in [0.05, 0.1) is 6.61 Å². The lowest BCUT2D eigenvalue weighted by atomic mass is 9.67. The number of aliphatic carboxylic acids is 1. The number of unbranched alkanes of at least 4 members (excludes halogenated alkanes) is 2. The van der Waals surface area contributed by atoms with Crippen LogP contribution in [0.2, 0.25) is 0 Å². The van der Waals surface area contributed by atoms with Crippen LogP contribution in [0.1, 0.15) is 69.9 Å². The van der Waals surface area contributed by atoms with Crippen molar-refractivity contribution in [3.63, 3.8) is 0 Å². The van der Waals surface area contributed by atoms with Crippen LogP contribution < -0.4 is 9.47 Å². The molecule has 0 aromatic heterocycles. The number of aryl methyl sites for hydroxylation is 1. The van der Waals surface area contributed by atoms with Gasteiger partial charge in [0.2, 0.25) is 0 Å². The van der Waals surface area contributed by atoms with E-state index < -0.39 is 22.6 Å². The Kier molecular flexibility index (Phi) is 7.96. The second-order valence-corrected chi connectivity index (χ2v) is 9.37. The lowest BCUT2D eigenvalue weighted by molar-refractivity contribution is -0.757. The summed E-state index contributed by atoms with van der Waals surface area (Å²) in [4.78, 5) is 37.8. The fourth-order valence-corrected chi connectivity index (χ4v) is 4.86. The van der Waals surface area contributed by atoms with E-state index in [0.717, 1.165) is 49.0 Å². The van der Waals surface area contributed by atoms with Crippen LogP contribution >= 0.6 is 0 Å². The van der Waals surface area contributed by atoms with Crippen molar-refractivity contribution < 1.29 is 34.1 Å². The maximum Gasteiger partial charge on any atom is 0.336 e. The summed E-state index contributed by atoms with van der Waals surface area (Å²) in [5, 5.41) is 18.3. The van der Waals surface area contributed by atoms with E-state index in [1.54, 1.807) is 0 Å². The number of carbonyl (C=O) groups is 2. The summed E-state index contributed by atoms with van der Waals surface area (Å²) in [6.45, 7) is 6.30. The van der Waals surface area contributed by atoms with Crippen molar-refractivity contribution >= 4 is 11.9 Å². The first kappa shape index (κ1) is 25.3. The third-order valence-electron chi connectivity index (χ3n) is 6.43. The largest absolute Gasteiger partial charge is 0.487 e. The molecule has 0 bridgehead atoms. The number of fused-ring (bicyclic) bond motifs is 3. The molecule has 2 aliphatic rings. The molecule has 0 fully saturated rings. The Hall–Kier alpha value is -3.36. The maximum absolute atomic E-state index is 12.4. The Morgan fingerprint density at radius 2 is 2.03 bits per heavy atom. The van der Waals surface area contributed by atoms with E-state index in [-0.39, 0.29) is 18.4 Å². The van der Waals surface area contributed by atoms with Crippen LogP contribution in [0, 0.1) is 16.0 Å². The quantitative estimate of drug-likeness (QED) is 0.0980. The van der Waals surface area contributed by atoms with Crippen molar-refractivity contribution in [1.29, 1.82) is 0 Å². The number of rotatable bonds is 10. The highest BCUT2D eigenvalue weighted by Crippen LogP contribution is 2.54. The normalized spacial score (nSPS) is 20.5. The van der Waals surface area contributed by atoms with Crippen molar-refractivity contribution in [2.75, 3.05) is 6.61 Å². The molecule has 0 spiro atoms. The second-order valence-electron chi connectivity index (χ2n) is 9.37. The summed E-state index contributed by atoms with van der Waals surface area (Å²) in [5.74, 6) is -0.592. The minimum Gasteiger partial charge on any atom is -0.487 e. The third-order valence-corrected chi connectivity index (χ3v) is 6.43. The zero-order valence-corrected chi connectivity index (χ0v) is 19.7. The molecule has 1 heterocycles. The minimum atomic E-state index is -1.23. The maximum atomic E-state index is 12.4. The number of hydrogen-bond acceptors (Lipinski definition) is 7. The van der Waals surface area contributed by atoms with Crippen LogP contribution in [0.3, 0.4) is 0 Å². The molecule has 0 amide bonds. The van der Waals surface area contributed by atoms with Crippen LogP contribution in [-0.4, -0.2) is 34.3 Å². The molecular weight excluding hydrogens is 442 g/mol. The SMILES string of the molecule is CC1=CC[C@@H]2[C@@H](C1)c1c(OC(=O)C=CC(=O)O)cc(CCCCCO[N+](=O)[O-])cc1OC2(C)C. The van der Waals surface area contributed by atoms with E-state index in [9.17, 15) is 19.7 Å². The lowest BCUT2D eigenvalue weighted by Gasteiger charge is -2.47. The summed E-state index contributed by atoms with van der Waals surface area (Å²) in [6, 6.07) is 3.81. The molecular formula is C25H31NO8. The third kappa shape index (κ3) is 6.36. The molecule has 1 N–H and O–H groups in total. The summed E-state index contributed by atoms with van der Waals surface area (Å²) in [6.07, 6.45) is 8.31. The second kappa shape index (κ2) is 10.7. The van der Waals surface area contributed by atoms with Crippen LogP contribution in [0.4, 0.5) is 0 Å². The average Bonchev–Trinajstić information content (AvgIpc) is 2.73. The van der Waals surface area contributed by atoms with Gasteiger partial charge < -0.3 is 19.4 Å². The lowest BCUT2D eigenvalue weighted by Crippen LogP contribution is -2.45. The Morgan fingerprint density at radius 1 is 1.26 bits per heavy atom. The number of carboxylic acids is 1. The predicted molar refractivity (Wildman–Crippen MR) is 123 cm³/mol. The minimum absolute atomic E-state index is 0.0587. The van der Waals surface area contributed by atoms with Gasteiger partial charge in [0.1, 0.15) is 17.1 Å². The van der Waals surface area contributed by atoms with Crippen molar-refractivity contribution in [2.45, 2.75) is 70.8 Å². The van der Waals surface area contributed by atoms with Crippen LogP contribution in [-0.2, 0) is 20.8 Å². The number of allylic oxidation sites excluding steroid dienone is 2. The number of esters is 1. The van der Waals surface area contributed by atoms with E-state index in [4.69, 9.17) is 14.6 Å². The topological polar surface area (TPSA) is 125 Å². The van der Waals surface area contributed by atoms with Gasteiger partial charge in [0.15, 0.2) is 0 Å². The smallest absolute Gasteiger partial charge is 0.336 e. The van der Waals surface area contributed by atoms with Crippen molar-refractivity contribution in [2.24, 2.45) is 5.92 Å². The number of carboxylic acid groups (broad SMARTS) is 1. The first-order valence-electron chi connectivity index (χ1n) is 11.5. The summed E-state index contributed by atoms with van der Waals surface area (Å²) < 4.78 is 12.1. The number of ether oxygens (including phenoxy) is 2. The molecule has 1 aliphatic heterocycles. The summed E-state index contributed by atoms with van der Waals surface area (Å²) >= 11 is 0. The molecule has 34 heavy (non-hydrogen) atoms. The van der Waals surface area contributed by atoms with E-state index >= 15 is 0 Å². The highest BCUT2D eigenvalue weighted by atomic mass is 16.9. The van der Waals surface area contributed by atoms with Gasteiger partial charge in [0, 0.05) is 29.6 Å². The van der Waals surface area contributed by atoms with Gasteiger partial charge in [-0.15, -0.1) is 10.1 Å². The monoisotopic (exact) mass is 473 g/mol. The molecule has 1 aromatic carbocycles. The summed E-state index contributed by atoms with van der Waals surface area (Å²) in [5.41, 5.74) is 2.62. The van der Waals surface area contributed by atoms with Gasteiger partial charge in [-0.1, -0.05) is 18.1 Å². The fourth-order valence-electron chi connectivity index (χ4n) is 4.86. The van der Waals surface area contributed by atoms with E-state index in [1.165, 1.54) is 5.57 Å². The molecule has 2 atom stereocenters. The Morgan fingerprint density at radius 3 is 2.74 bits per heavy atom. The van der Waals surface area contributed by atoms with Gasteiger partial charge in [-0.05, 0) is 70.6 Å². The molecule has 1 aromatic rings. The number of nitrogens with zero attached hydrogens (tertiary/aromatic N) is 1. The molecule has 9 nitrogen and oxygen atoms in total. The van der Waals surface area contributed by atoms with Crippen molar-refractivity contribution in [3.05, 3.63) is 57.2 Å². The molecule has 1 aliphatic carbocycles. The standard InChI is InChI=1S/C25H31NO8/c1-16-8-9-19-18(13-16)24-20(33-23(29)11-10-22(27)28)14-17(15-21(24)34-25(19,2)3)7-5-4-6-12-32-26(30)31/h8,10-11,14-15,18-19H,4-7,9,12-13H2,1-3H3,(H,27,28)/t18-,19-/m1/s1. The van der Waals surface area contributed by atoms with Gasteiger partial charge in [0.25, 0.3) is 5.09 Å². The molecule has 0 unspecified atom stereocenters. The van der Waals surface area contributed by atoms with Gasteiger partial charge >= 0.3 is 11.9 Å².